The van der Waals surface area contributed by atoms with Crippen LogP contribution in [0.1, 0.15) is 23.2 Å². The minimum absolute atomic E-state index is 0.639. The van der Waals surface area contributed by atoms with Crippen LogP contribution in [0.4, 0.5) is 0 Å². The molecule has 0 radical (unpaired) electrons. The number of aryl methyl sites for hydroxylation is 2. The molecule has 47 heavy (non-hydrogen) atoms. The Balaban J connectivity index is 1.36. The Bertz CT molecular complexity index is 2200. The normalized spacial score (nSPS) is 12.1. The van der Waals surface area contributed by atoms with Crippen molar-refractivity contribution in [3.05, 3.63) is 163 Å². The summed E-state index contributed by atoms with van der Waals surface area (Å²) in [6.07, 6.45) is 8.51. The van der Waals surface area contributed by atoms with E-state index < -0.39 is 0 Å². The second kappa shape index (κ2) is 12.4. The van der Waals surface area contributed by atoms with Crippen LogP contribution in [0, 0.1) is 6.92 Å². The highest BCUT2D eigenvalue weighted by atomic mass is 15.0. The summed E-state index contributed by atoms with van der Waals surface area (Å²) in [5, 5.41) is 0. The maximum Gasteiger partial charge on any atom is 0.164 e. The van der Waals surface area contributed by atoms with Crippen molar-refractivity contribution in [1.82, 2.24) is 19.9 Å². The third kappa shape index (κ3) is 5.78. The van der Waals surface area contributed by atoms with Crippen molar-refractivity contribution in [3.8, 4) is 67.5 Å². The smallest absolute Gasteiger partial charge is 0.164 e. The Hall–Kier alpha value is -6.00. The van der Waals surface area contributed by atoms with E-state index in [-0.39, 0.29) is 0 Å². The number of hydrogen-bond donors (Lipinski definition) is 0. The number of pyridine rings is 1. The molecule has 0 atom stereocenters. The molecule has 0 aliphatic heterocycles. The lowest BCUT2D eigenvalue weighted by Gasteiger charge is -2.17. The van der Waals surface area contributed by atoms with Crippen LogP contribution in [0.5, 0.6) is 0 Å². The first-order chi connectivity index (χ1) is 23.2. The number of aromatic nitrogens is 4. The van der Waals surface area contributed by atoms with Gasteiger partial charge in [-0.05, 0) is 89.0 Å². The third-order valence-corrected chi connectivity index (χ3v) is 8.78. The van der Waals surface area contributed by atoms with Gasteiger partial charge in [-0.1, -0.05) is 115 Å². The van der Waals surface area contributed by atoms with Gasteiger partial charge in [-0.2, -0.15) is 0 Å². The summed E-state index contributed by atoms with van der Waals surface area (Å²) >= 11 is 0. The number of allylic oxidation sites excluding steroid dienone is 1. The standard InChI is InChI=1S/C43H32N4/c1-29-38(23-12-24-44-29)34-20-10-19-33(25-34)35-26-36(40-22-11-18-30-13-8-9-21-39(30)40)28-37(27-35)43-46-41(31-14-4-2-5-15-31)45-42(47-43)32-16-6-3-7-17-32/h2-7,9-12,14-28H,8,13H2,1H3. The highest BCUT2D eigenvalue weighted by Gasteiger charge is 2.17. The van der Waals surface area contributed by atoms with Gasteiger partial charge in [0.05, 0.1) is 0 Å². The maximum absolute atomic E-state index is 5.09. The van der Waals surface area contributed by atoms with Crippen LogP contribution in [0.15, 0.2) is 146 Å². The van der Waals surface area contributed by atoms with Crippen LogP contribution in [-0.4, -0.2) is 19.9 Å². The van der Waals surface area contributed by atoms with Crippen LogP contribution < -0.4 is 0 Å². The molecule has 0 spiro atoms. The van der Waals surface area contributed by atoms with Crippen molar-refractivity contribution in [2.24, 2.45) is 0 Å². The molecule has 0 saturated carbocycles. The number of hydrogen-bond acceptors (Lipinski definition) is 4. The Morgan fingerprint density at radius 3 is 1.77 bits per heavy atom. The van der Waals surface area contributed by atoms with Gasteiger partial charge in [0.25, 0.3) is 0 Å². The van der Waals surface area contributed by atoms with Crippen molar-refractivity contribution in [3.63, 3.8) is 0 Å². The lowest BCUT2D eigenvalue weighted by molar-refractivity contribution is 0.986. The number of fused-ring (bicyclic) bond motifs is 1. The second-order valence-corrected chi connectivity index (χ2v) is 11.9. The van der Waals surface area contributed by atoms with Gasteiger partial charge in [0.15, 0.2) is 17.5 Å². The highest BCUT2D eigenvalue weighted by Crippen LogP contribution is 2.38. The summed E-state index contributed by atoms with van der Waals surface area (Å²) in [6.45, 7) is 2.06. The largest absolute Gasteiger partial charge is 0.261 e. The van der Waals surface area contributed by atoms with Gasteiger partial charge in [0.1, 0.15) is 0 Å². The van der Waals surface area contributed by atoms with E-state index in [2.05, 4.69) is 90.8 Å². The molecule has 0 amide bonds. The molecule has 0 N–H and O–H groups in total. The van der Waals surface area contributed by atoms with E-state index in [4.69, 9.17) is 15.0 Å². The van der Waals surface area contributed by atoms with Gasteiger partial charge in [0.2, 0.25) is 0 Å². The van der Waals surface area contributed by atoms with E-state index in [1.165, 1.54) is 16.7 Å². The lowest BCUT2D eigenvalue weighted by atomic mass is 9.88. The molecule has 0 unspecified atom stereocenters. The summed E-state index contributed by atoms with van der Waals surface area (Å²) in [4.78, 5) is 19.7. The second-order valence-electron chi connectivity index (χ2n) is 11.9. The minimum atomic E-state index is 0.639. The predicted molar refractivity (Wildman–Crippen MR) is 192 cm³/mol. The van der Waals surface area contributed by atoms with Gasteiger partial charge in [0, 0.05) is 34.1 Å². The molecule has 0 fully saturated rings. The zero-order valence-electron chi connectivity index (χ0n) is 26.1. The summed E-state index contributed by atoms with van der Waals surface area (Å²) in [5.41, 5.74) is 13.3. The van der Waals surface area contributed by atoms with Crippen molar-refractivity contribution >= 4 is 6.08 Å². The maximum atomic E-state index is 5.09. The monoisotopic (exact) mass is 604 g/mol. The van der Waals surface area contributed by atoms with Crippen molar-refractivity contribution < 1.29 is 0 Å². The van der Waals surface area contributed by atoms with Crippen LogP contribution >= 0.6 is 0 Å². The number of benzene rings is 5. The number of rotatable bonds is 6. The van der Waals surface area contributed by atoms with Gasteiger partial charge in [-0.25, -0.2) is 15.0 Å². The first-order valence-electron chi connectivity index (χ1n) is 16.0. The number of nitrogens with zero attached hydrogens (tertiary/aromatic N) is 4. The van der Waals surface area contributed by atoms with Crippen LogP contribution in [0.3, 0.4) is 0 Å². The van der Waals surface area contributed by atoms with Crippen LogP contribution in [0.25, 0.3) is 73.6 Å². The molecule has 1 aliphatic rings. The molecule has 7 aromatic rings. The Labute approximate surface area is 275 Å². The Morgan fingerprint density at radius 2 is 1.04 bits per heavy atom. The first-order valence-corrected chi connectivity index (χ1v) is 16.0. The molecule has 2 aromatic heterocycles. The summed E-state index contributed by atoms with van der Waals surface area (Å²) in [7, 11) is 0. The summed E-state index contributed by atoms with van der Waals surface area (Å²) in [5.74, 6) is 1.94. The highest BCUT2D eigenvalue weighted by molar-refractivity contribution is 5.86. The molecule has 8 rings (SSSR count). The predicted octanol–water partition coefficient (Wildman–Crippen LogP) is 10.5. The quantitative estimate of drug-likeness (QED) is 0.189. The van der Waals surface area contributed by atoms with Crippen LogP contribution in [0.2, 0.25) is 0 Å². The van der Waals surface area contributed by atoms with Crippen molar-refractivity contribution in [2.75, 3.05) is 0 Å². The summed E-state index contributed by atoms with van der Waals surface area (Å²) in [6, 6.07) is 46.5. The fourth-order valence-corrected chi connectivity index (χ4v) is 6.39. The minimum Gasteiger partial charge on any atom is -0.261 e. The van der Waals surface area contributed by atoms with E-state index in [1.54, 1.807) is 0 Å². The molecule has 0 saturated heterocycles. The van der Waals surface area contributed by atoms with Crippen LogP contribution in [-0.2, 0) is 6.42 Å². The SMILES string of the molecule is Cc1ncccc1-c1cccc(-c2cc(-c3nc(-c4ccccc4)nc(-c4ccccc4)n3)cc(-c3cccc4c3C=CCC4)c2)c1. The average Bonchev–Trinajstić information content (AvgIpc) is 3.15. The van der Waals surface area contributed by atoms with Crippen molar-refractivity contribution in [2.45, 2.75) is 19.8 Å². The Morgan fingerprint density at radius 1 is 0.468 bits per heavy atom. The fraction of sp³-hybridized carbons (Fsp3) is 0.0698. The zero-order valence-corrected chi connectivity index (χ0v) is 26.1. The fourth-order valence-electron chi connectivity index (χ4n) is 6.39. The molecular weight excluding hydrogens is 573 g/mol. The molecule has 4 heteroatoms. The molecule has 2 heterocycles. The average molecular weight is 605 g/mol. The van der Waals surface area contributed by atoms with Gasteiger partial charge in [-0.15, -0.1) is 0 Å². The van der Waals surface area contributed by atoms with E-state index in [0.717, 1.165) is 63.0 Å². The third-order valence-electron chi connectivity index (χ3n) is 8.78. The molecule has 1 aliphatic carbocycles. The van der Waals surface area contributed by atoms with E-state index in [9.17, 15) is 0 Å². The van der Waals surface area contributed by atoms with Crippen molar-refractivity contribution in [1.29, 1.82) is 0 Å². The molecule has 0 bridgehead atoms. The molecule has 224 valence electrons. The van der Waals surface area contributed by atoms with E-state index in [0.29, 0.717) is 17.5 Å². The molecule has 5 aromatic carbocycles. The van der Waals surface area contributed by atoms with Gasteiger partial charge in [-0.3, -0.25) is 4.98 Å². The lowest BCUT2D eigenvalue weighted by Crippen LogP contribution is -2.01. The molecule has 4 nitrogen and oxygen atoms in total. The first kappa shape index (κ1) is 28.5. The molecular formula is C43H32N4. The Kier molecular flexibility index (Phi) is 7.52. The van der Waals surface area contributed by atoms with Gasteiger partial charge >= 0.3 is 0 Å². The van der Waals surface area contributed by atoms with Gasteiger partial charge < -0.3 is 0 Å². The summed E-state index contributed by atoms with van der Waals surface area (Å²) < 4.78 is 0. The van der Waals surface area contributed by atoms with E-state index in [1.807, 2.05) is 72.9 Å². The zero-order chi connectivity index (χ0) is 31.6. The topological polar surface area (TPSA) is 51.6 Å². The van der Waals surface area contributed by atoms with E-state index >= 15 is 0 Å².